The molecular formula is C21H15F3O. The zero-order valence-corrected chi connectivity index (χ0v) is 13.4. The molecule has 0 amide bonds. The summed E-state index contributed by atoms with van der Waals surface area (Å²) in [5.74, 6) is -3.77. The third-order valence-corrected chi connectivity index (χ3v) is 4.99. The normalized spacial score (nSPS) is 16.7. The third kappa shape index (κ3) is 2.72. The number of hydrogen-bond donors (Lipinski definition) is 0. The Balaban J connectivity index is 1.81. The van der Waals surface area contributed by atoms with Crippen molar-refractivity contribution in [3.63, 3.8) is 0 Å². The average Bonchev–Trinajstić information content (AvgIpc) is 2.64. The van der Waals surface area contributed by atoms with Crippen LogP contribution in [-0.4, -0.2) is 6.29 Å². The van der Waals surface area contributed by atoms with Crippen molar-refractivity contribution >= 4 is 17.1 Å². The second kappa shape index (κ2) is 6.03. The molecule has 0 saturated heterocycles. The Labute approximate surface area is 143 Å². The molecule has 0 heterocycles. The van der Waals surface area contributed by atoms with Crippen molar-refractivity contribution in [2.45, 2.75) is 19.3 Å². The minimum Gasteiger partial charge on any atom is -0.303 e. The van der Waals surface area contributed by atoms with Gasteiger partial charge in [-0.25, -0.2) is 13.2 Å². The number of carbonyl (C=O) groups is 1. The quantitative estimate of drug-likeness (QED) is 0.461. The van der Waals surface area contributed by atoms with Crippen LogP contribution < -0.4 is 0 Å². The Morgan fingerprint density at radius 2 is 1.68 bits per heavy atom. The molecular weight excluding hydrogens is 325 g/mol. The van der Waals surface area contributed by atoms with Gasteiger partial charge in [-0.1, -0.05) is 24.3 Å². The maximum absolute atomic E-state index is 13.5. The van der Waals surface area contributed by atoms with E-state index in [0.717, 1.165) is 48.5 Å². The SMILES string of the molecule is O=CC1CCc2c(ccc3cc(-c4cc(F)c(F)c(F)c4)ccc23)C1. The summed E-state index contributed by atoms with van der Waals surface area (Å²) in [5, 5.41) is 2.06. The molecule has 4 rings (SSSR count). The van der Waals surface area contributed by atoms with E-state index in [1.165, 1.54) is 11.1 Å². The van der Waals surface area contributed by atoms with E-state index in [4.69, 9.17) is 0 Å². The molecule has 0 fully saturated rings. The predicted octanol–water partition coefficient (Wildman–Crippen LogP) is 5.23. The van der Waals surface area contributed by atoms with Gasteiger partial charge in [0.2, 0.25) is 0 Å². The monoisotopic (exact) mass is 340 g/mol. The largest absolute Gasteiger partial charge is 0.303 e. The van der Waals surface area contributed by atoms with Gasteiger partial charge in [-0.2, -0.15) is 0 Å². The Morgan fingerprint density at radius 1 is 0.920 bits per heavy atom. The molecule has 1 aliphatic carbocycles. The van der Waals surface area contributed by atoms with Gasteiger partial charge in [0, 0.05) is 5.92 Å². The summed E-state index contributed by atoms with van der Waals surface area (Å²) in [4.78, 5) is 11.0. The topological polar surface area (TPSA) is 17.1 Å². The molecule has 4 heteroatoms. The number of benzene rings is 3. The van der Waals surface area contributed by atoms with Gasteiger partial charge in [0.1, 0.15) is 6.29 Å². The first-order valence-electron chi connectivity index (χ1n) is 8.21. The number of carbonyl (C=O) groups excluding carboxylic acids is 1. The van der Waals surface area contributed by atoms with Crippen LogP contribution in [0.25, 0.3) is 21.9 Å². The second-order valence-corrected chi connectivity index (χ2v) is 6.53. The Morgan fingerprint density at radius 3 is 2.40 bits per heavy atom. The molecule has 0 bridgehead atoms. The molecule has 1 atom stereocenters. The highest BCUT2D eigenvalue weighted by Crippen LogP contribution is 2.33. The van der Waals surface area contributed by atoms with Crippen LogP contribution in [0.1, 0.15) is 17.5 Å². The standard InChI is InChI=1S/C21H15F3O/c22-19-9-16(10-20(23)21(19)24)13-4-6-18-15(8-13)3-2-14-7-12(11-25)1-5-17(14)18/h2-4,6,8-12H,1,5,7H2. The Hall–Kier alpha value is -2.62. The van der Waals surface area contributed by atoms with Crippen LogP contribution in [0.5, 0.6) is 0 Å². The van der Waals surface area contributed by atoms with Crippen molar-refractivity contribution < 1.29 is 18.0 Å². The first-order valence-corrected chi connectivity index (χ1v) is 8.21. The number of halogens is 3. The fourth-order valence-electron chi connectivity index (χ4n) is 3.66. The lowest BCUT2D eigenvalue weighted by molar-refractivity contribution is -0.111. The summed E-state index contributed by atoms with van der Waals surface area (Å²) in [5.41, 5.74) is 3.35. The van der Waals surface area contributed by atoms with E-state index in [0.29, 0.717) is 11.1 Å². The van der Waals surface area contributed by atoms with Crippen LogP contribution in [-0.2, 0) is 17.6 Å². The molecule has 0 N–H and O–H groups in total. The van der Waals surface area contributed by atoms with Crippen molar-refractivity contribution in [2.75, 3.05) is 0 Å². The van der Waals surface area contributed by atoms with E-state index in [-0.39, 0.29) is 5.92 Å². The van der Waals surface area contributed by atoms with Crippen molar-refractivity contribution in [1.82, 2.24) is 0 Å². The van der Waals surface area contributed by atoms with Crippen LogP contribution >= 0.6 is 0 Å². The van der Waals surface area contributed by atoms with Crippen molar-refractivity contribution in [1.29, 1.82) is 0 Å². The molecule has 0 spiro atoms. The average molecular weight is 340 g/mol. The number of rotatable bonds is 2. The lowest BCUT2D eigenvalue weighted by Crippen LogP contribution is -2.15. The van der Waals surface area contributed by atoms with Gasteiger partial charge in [0.05, 0.1) is 0 Å². The number of aryl methyl sites for hydroxylation is 1. The molecule has 1 nitrogen and oxygen atoms in total. The summed E-state index contributed by atoms with van der Waals surface area (Å²) in [6, 6.07) is 11.6. The zero-order chi connectivity index (χ0) is 17.6. The van der Waals surface area contributed by atoms with Crippen LogP contribution in [0.3, 0.4) is 0 Å². The number of aldehydes is 1. The molecule has 3 aromatic rings. The molecule has 126 valence electrons. The van der Waals surface area contributed by atoms with Crippen LogP contribution in [0.2, 0.25) is 0 Å². The molecule has 0 aromatic heterocycles. The van der Waals surface area contributed by atoms with Gasteiger partial charge in [-0.15, -0.1) is 0 Å². The molecule has 1 unspecified atom stereocenters. The first-order chi connectivity index (χ1) is 12.1. The summed E-state index contributed by atoms with van der Waals surface area (Å²) >= 11 is 0. The molecule has 0 radical (unpaired) electrons. The van der Waals surface area contributed by atoms with Crippen LogP contribution in [0.15, 0.2) is 42.5 Å². The van der Waals surface area contributed by atoms with Gasteiger partial charge in [0.15, 0.2) is 17.5 Å². The number of hydrogen-bond acceptors (Lipinski definition) is 1. The lowest BCUT2D eigenvalue weighted by Gasteiger charge is -2.22. The van der Waals surface area contributed by atoms with E-state index in [1.54, 1.807) is 6.07 Å². The maximum Gasteiger partial charge on any atom is 0.194 e. The Kier molecular flexibility index (Phi) is 3.83. The van der Waals surface area contributed by atoms with Crippen molar-refractivity contribution in [3.8, 4) is 11.1 Å². The second-order valence-electron chi connectivity index (χ2n) is 6.53. The minimum atomic E-state index is -1.46. The fraction of sp³-hybridized carbons (Fsp3) is 0.190. The summed E-state index contributed by atoms with van der Waals surface area (Å²) in [6.07, 6.45) is 3.46. The van der Waals surface area contributed by atoms with E-state index in [1.807, 2.05) is 24.3 Å². The van der Waals surface area contributed by atoms with Gasteiger partial charge < -0.3 is 4.79 Å². The summed E-state index contributed by atoms with van der Waals surface area (Å²) in [7, 11) is 0. The first kappa shape index (κ1) is 15.9. The van der Waals surface area contributed by atoms with Gasteiger partial charge in [0.25, 0.3) is 0 Å². The number of fused-ring (bicyclic) bond motifs is 3. The molecule has 3 aromatic carbocycles. The van der Waals surface area contributed by atoms with Crippen LogP contribution in [0, 0.1) is 23.4 Å². The van der Waals surface area contributed by atoms with Gasteiger partial charge >= 0.3 is 0 Å². The van der Waals surface area contributed by atoms with Gasteiger partial charge in [-0.3, -0.25) is 0 Å². The maximum atomic E-state index is 13.5. The van der Waals surface area contributed by atoms with E-state index < -0.39 is 17.5 Å². The summed E-state index contributed by atoms with van der Waals surface area (Å²) < 4.78 is 40.1. The Bertz CT molecular complexity index is 971. The highest BCUT2D eigenvalue weighted by Gasteiger charge is 2.20. The smallest absolute Gasteiger partial charge is 0.194 e. The van der Waals surface area contributed by atoms with Gasteiger partial charge in [-0.05, 0) is 70.5 Å². The summed E-state index contributed by atoms with van der Waals surface area (Å²) in [6.45, 7) is 0. The van der Waals surface area contributed by atoms with Crippen LogP contribution in [0.4, 0.5) is 13.2 Å². The molecule has 0 aliphatic heterocycles. The highest BCUT2D eigenvalue weighted by molar-refractivity contribution is 5.91. The highest BCUT2D eigenvalue weighted by atomic mass is 19.2. The predicted molar refractivity (Wildman–Crippen MR) is 90.8 cm³/mol. The zero-order valence-electron chi connectivity index (χ0n) is 13.4. The minimum absolute atomic E-state index is 0.0781. The van der Waals surface area contributed by atoms with Crippen molar-refractivity contribution in [2.24, 2.45) is 5.92 Å². The molecule has 1 aliphatic rings. The molecule has 25 heavy (non-hydrogen) atoms. The van der Waals surface area contributed by atoms with Crippen molar-refractivity contribution in [3.05, 3.63) is 71.0 Å². The van der Waals surface area contributed by atoms with E-state index in [2.05, 4.69) is 0 Å². The van der Waals surface area contributed by atoms with E-state index >= 15 is 0 Å². The third-order valence-electron chi connectivity index (χ3n) is 4.99. The fourth-order valence-corrected chi connectivity index (χ4v) is 3.66. The van der Waals surface area contributed by atoms with E-state index in [9.17, 15) is 18.0 Å². The molecule has 0 saturated carbocycles. The lowest BCUT2D eigenvalue weighted by atomic mass is 9.82.